The highest BCUT2D eigenvalue weighted by Gasteiger charge is 2.17. The molecule has 1 amide bonds. The molecule has 6 nitrogen and oxygen atoms in total. The van der Waals surface area contributed by atoms with Crippen LogP contribution in [0, 0.1) is 5.82 Å². The predicted molar refractivity (Wildman–Crippen MR) is 101 cm³/mol. The zero-order chi connectivity index (χ0) is 19.4. The molecular formula is C19H22FN3O3S. The van der Waals surface area contributed by atoms with Crippen LogP contribution in [0.3, 0.4) is 0 Å². The van der Waals surface area contributed by atoms with E-state index >= 15 is 0 Å². The molecule has 2 aromatic rings. The lowest BCUT2D eigenvalue weighted by Crippen LogP contribution is -2.25. The number of sulfonamides is 1. The van der Waals surface area contributed by atoms with E-state index in [1.807, 2.05) is 6.07 Å². The molecule has 8 heteroatoms. The van der Waals surface area contributed by atoms with Crippen LogP contribution in [0.2, 0.25) is 0 Å². The summed E-state index contributed by atoms with van der Waals surface area (Å²) in [6.07, 6.45) is 1.21. The van der Waals surface area contributed by atoms with Gasteiger partial charge in [0.05, 0.1) is 10.6 Å². The lowest BCUT2D eigenvalue weighted by atomic mass is 9.99. The minimum atomic E-state index is -3.47. The van der Waals surface area contributed by atoms with Crippen molar-refractivity contribution in [2.75, 3.05) is 18.9 Å². The van der Waals surface area contributed by atoms with Gasteiger partial charge in [0.15, 0.2) is 0 Å². The van der Waals surface area contributed by atoms with Gasteiger partial charge in [0.25, 0.3) is 0 Å². The molecule has 0 radical (unpaired) electrons. The normalized spacial score (nSPS) is 13.9. The van der Waals surface area contributed by atoms with Gasteiger partial charge < -0.3 is 10.6 Å². The number of hydrogen-bond acceptors (Lipinski definition) is 4. The van der Waals surface area contributed by atoms with Crippen molar-refractivity contribution in [1.82, 2.24) is 10.0 Å². The Balaban J connectivity index is 1.60. The molecular weight excluding hydrogens is 369 g/mol. The monoisotopic (exact) mass is 391 g/mol. The second kappa shape index (κ2) is 8.16. The van der Waals surface area contributed by atoms with Gasteiger partial charge in [-0.3, -0.25) is 4.79 Å². The third kappa shape index (κ3) is 4.52. The maximum atomic E-state index is 14.6. The summed E-state index contributed by atoms with van der Waals surface area (Å²) in [5.41, 5.74) is 2.62. The molecule has 0 saturated heterocycles. The van der Waals surface area contributed by atoms with Crippen LogP contribution < -0.4 is 15.4 Å². The Kier molecular flexibility index (Phi) is 5.88. The highest BCUT2D eigenvalue weighted by molar-refractivity contribution is 7.89. The topological polar surface area (TPSA) is 87.3 Å². The summed E-state index contributed by atoms with van der Waals surface area (Å²) in [6, 6.07) is 9.76. The van der Waals surface area contributed by atoms with Crippen LogP contribution in [-0.2, 0) is 34.2 Å². The van der Waals surface area contributed by atoms with Crippen LogP contribution in [0.15, 0.2) is 41.3 Å². The average Bonchev–Trinajstić information content (AvgIpc) is 2.69. The highest BCUT2D eigenvalue weighted by Crippen LogP contribution is 2.24. The Morgan fingerprint density at radius 3 is 2.63 bits per heavy atom. The first kappa shape index (κ1) is 19.5. The van der Waals surface area contributed by atoms with E-state index in [1.54, 1.807) is 18.2 Å². The van der Waals surface area contributed by atoms with E-state index in [0.717, 1.165) is 17.7 Å². The molecule has 0 bridgehead atoms. The summed E-state index contributed by atoms with van der Waals surface area (Å²) < 4.78 is 40.2. The minimum Gasteiger partial charge on any atom is -0.324 e. The van der Waals surface area contributed by atoms with Crippen molar-refractivity contribution in [1.29, 1.82) is 0 Å². The molecule has 0 aromatic heterocycles. The van der Waals surface area contributed by atoms with Crippen LogP contribution in [0.5, 0.6) is 0 Å². The first-order valence-corrected chi connectivity index (χ1v) is 10.2. The van der Waals surface area contributed by atoms with Crippen molar-refractivity contribution >= 4 is 21.6 Å². The number of halogens is 1. The first-order chi connectivity index (χ1) is 12.9. The maximum Gasteiger partial charge on any atom is 0.240 e. The fourth-order valence-corrected chi connectivity index (χ4v) is 3.78. The Morgan fingerprint density at radius 1 is 1.19 bits per heavy atom. The average molecular weight is 391 g/mol. The molecule has 1 aliphatic heterocycles. The summed E-state index contributed by atoms with van der Waals surface area (Å²) in [7, 11) is -2.12. The van der Waals surface area contributed by atoms with E-state index in [9.17, 15) is 17.6 Å². The molecule has 0 saturated carbocycles. The van der Waals surface area contributed by atoms with Crippen molar-refractivity contribution in [3.63, 3.8) is 0 Å². The smallest absolute Gasteiger partial charge is 0.240 e. The van der Waals surface area contributed by atoms with E-state index in [0.29, 0.717) is 24.9 Å². The van der Waals surface area contributed by atoms with Gasteiger partial charge >= 0.3 is 0 Å². The number of fused-ring (bicyclic) bond motifs is 1. The molecule has 0 spiro atoms. The summed E-state index contributed by atoms with van der Waals surface area (Å²) in [5.74, 6) is -0.640. The molecule has 1 heterocycles. The van der Waals surface area contributed by atoms with Crippen LogP contribution >= 0.6 is 0 Å². The summed E-state index contributed by atoms with van der Waals surface area (Å²) >= 11 is 0. The lowest BCUT2D eigenvalue weighted by Gasteiger charge is -2.19. The van der Waals surface area contributed by atoms with Gasteiger partial charge in [0, 0.05) is 13.0 Å². The maximum absolute atomic E-state index is 14.6. The first-order valence-electron chi connectivity index (χ1n) is 8.74. The molecule has 27 heavy (non-hydrogen) atoms. The van der Waals surface area contributed by atoms with E-state index in [1.165, 1.54) is 19.2 Å². The second-order valence-electron chi connectivity index (χ2n) is 6.39. The van der Waals surface area contributed by atoms with Crippen molar-refractivity contribution in [3.8, 4) is 0 Å². The number of amides is 1. The van der Waals surface area contributed by atoms with E-state index in [-0.39, 0.29) is 28.7 Å². The van der Waals surface area contributed by atoms with Gasteiger partial charge in [0.2, 0.25) is 15.9 Å². The van der Waals surface area contributed by atoms with Gasteiger partial charge in [-0.25, -0.2) is 17.5 Å². The van der Waals surface area contributed by atoms with E-state index in [2.05, 4.69) is 15.4 Å². The van der Waals surface area contributed by atoms with Crippen molar-refractivity contribution in [2.24, 2.45) is 0 Å². The Labute approximate surface area is 158 Å². The summed E-state index contributed by atoms with van der Waals surface area (Å²) in [5, 5.41) is 5.82. The number of benzene rings is 2. The van der Waals surface area contributed by atoms with Crippen LogP contribution in [0.1, 0.15) is 23.1 Å². The molecule has 2 aromatic carbocycles. The summed E-state index contributed by atoms with van der Waals surface area (Å²) in [6.45, 7) is 1.36. The van der Waals surface area contributed by atoms with Gasteiger partial charge in [-0.1, -0.05) is 18.2 Å². The molecule has 0 fully saturated rings. The lowest BCUT2D eigenvalue weighted by molar-refractivity contribution is -0.116. The van der Waals surface area contributed by atoms with Gasteiger partial charge in [-0.15, -0.1) is 0 Å². The number of aryl methyl sites for hydroxylation is 1. The number of hydrogen-bond donors (Lipinski definition) is 3. The number of anilines is 1. The predicted octanol–water partition coefficient (Wildman–Crippen LogP) is 1.95. The molecule has 0 unspecified atom stereocenters. The fraction of sp³-hybridized carbons (Fsp3) is 0.316. The Hall–Kier alpha value is -2.29. The summed E-state index contributed by atoms with van der Waals surface area (Å²) in [4.78, 5) is 12.4. The van der Waals surface area contributed by atoms with Crippen molar-refractivity contribution in [2.45, 2.75) is 30.7 Å². The molecule has 1 aliphatic rings. The second-order valence-corrected chi connectivity index (χ2v) is 8.28. The minimum absolute atomic E-state index is 0.170. The van der Waals surface area contributed by atoms with Crippen LogP contribution in [0.4, 0.5) is 10.1 Å². The number of carbonyl (C=O) groups is 1. The van der Waals surface area contributed by atoms with Gasteiger partial charge in [-0.2, -0.15) is 0 Å². The van der Waals surface area contributed by atoms with E-state index < -0.39 is 10.0 Å². The molecule has 3 N–H and O–H groups in total. The quantitative estimate of drug-likeness (QED) is 0.702. The fourth-order valence-electron chi connectivity index (χ4n) is 3.05. The van der Waals surface area contributed by atoms with Gasteiger partial charge in [0.1, 0.15) is 5.82 Å². The molecule has 0 atom stereocenters. The van der Waals surface area contributed by atoms with Crippen LogP contribution in [-0.4, -0.2) is 27.9 Å². The third-order valence-corrected chi connectivity index (χ3v) is 6.05. The largest absolute Gasteiger partial charge is 0.324 e. The standard InChI is InChI=1S/C19H22FN3O3S/c1-21-27(25,26)15-6-2-13(3-7-15)4-9-18(24)23-17-8-5-14-12-22-11-10-16(14)19(17)20/h2-3,5-8,21-22H,4,9-12H2,1H3,(H,23,24). The SMILES string of the molecule is CNS(=O)(=O)c1ccc(CCC(=O)Nc2ccc3c(c2F)CCNC3)cc1. The van der Waals surface area contributed by atoms with E-state index in [4.69, 9.17) is 0 Å². The molecule has 144 valence electrons. The van der Waals surface area contributed by atoms with Crippen molar-refractivity contribution in [3.05, 3.63) is 58.9 Å². The Morgan fingerprint density at radius 2 is 1.93 bits per heavy atom. The molecule has 0 aliphatic carbocycles. The molecule has 3 rings (SSSR count). The Bertz CT molecular complexity index is 943. The van der Waals surface area contributed by atoms with Gasteiger partial charge in [-0.05, 0) is 61.3 Å². The zero-order valence-electron chi connectivity index (χ0n) is 15.0. The zero-order valence-corrected chi connectivity index (χ0v) is 15.8. The highest BCUT2D eigenvalue weighted by atomic mass is 32.2. The number of nitrogens with one attached hydrogen (secondary N) is 3. The number of carbonyl (C=O) groups excluding carboxylic acids is 1. The third-order valence-electron chi connectivity index (χ3n) is 4.62. The van der Waals surface area contributed by atoms with Crippen molar-refractivity contribution < 1.29 is 17.6 Å². The number of rotatable bonds is 6. The van der Waals surface area contributed by atoms with Crippen LogP contribution in [0.25, 0.3) is 0 Å².